The molecule has 0 unspecified atom stereocenters. The third-order valence-corrected chi connectivity index (χ3v) is 7.52. The van der Waals surface area contributed by atoms with E-state index in [1.54, 1.807) is 32.4 Å². The summed E-state index contributed by atoms with van der Waals surface area (Å²) in [7, 11) is -0.628. The highest BCUT2D eigenvalue weighted by Crippen LogP contribution is 2.30. The molecule has 0 amide bonds. The largest absolute Gasteiger partial charge is 0.493 e. The lowest BCUT2D eigenvalue weighted by atomic mass is 10.0. The van der Waals surface area contributed by atoms with Crippen molar-refractivity contribution < 1.29 is 17.9 Å². The van der Waals surface area contributed by atoms with Crippen LogP contribution in [0.4, 0.5) is 0 Å². The SMILES string of the molecule is CCn1cc(CN(Cc2ccc(OC)c(OC)c2)S(=O)(=O)c2ccc(C(C)C)cc2)c(C)n1. The summed E-state index contributed by atoms with van der Waals surface area (Å²) in [5, 5.41) is 4.48. The summed E-state index contributed by atoms with van der Waals surface area (Å²) < 4.78 is 41.5. The summed E-state index contributed by atoms with van der Waals surface area (Å²) in [6.07, 6.45) is 1.91. The highest BCUT2D eigenvalue weighted by atomic mass is 32.2. The van der Waals surface area contributed by atoms with Crippen molar-refractivity contribution in [2.45, 2.75) is 58.1 Å². The summed E-state index contributed by atoms with van der Waals surface area (Å²) in [4.78, 5) is 0.271. The number of hydrogen-bond acceptors (Lipinski definition) is 5. The van der Waals surface area contributed by atoms with Gasteiger partial charge in [0.1, 0.15) is 0 Å². The number of rotatable bonds is 10. The first-order valence-electron chi connectivity index (χ1n) is 11.0. The fourth-order valence-electron chi connectivity index (χ4n) is 3.65. The van der Waals surface area contributed by atoms with Crippen LogP contribution in [0, 0.1) is 6.92 Å². The van der Waals surface area contributed by atoms with Gasteiger partial charge >= 0.3 is 0 Å². The number of aromatic nitrogens is 2. The van der Waals surface area contributed by atoms with E-state index >= 15 is 0 Å². The number of nitrogens with zero attached hydrogens (tertiary/aromatic N) is 3. The Hall–Kier alpha value is -2.84. The van der Waals surface area contributed by atoms with Crippen molar-refractivity contribution in [3.8, 4) is 11.5 Å². The lowest BCUT2D eigenvalue weighted by molar-refractivity contribution is 0.352. The van der Waals surface area contributed by atoms with Crippen molar-refractivity contribution >= 4 is 10.0 Å². The molecular weight excluding hydrogens is 438 g/mol. The van der Waals surface area contributed by atoms with Crippen molar-refractivity contribution in [3.05, 3.63) is 71.0 Å². The van der Waals surface area contributed by atoms with Gasteiger partial charge in [0, 0.05) is 31.4 Å². The van der Waals surface area contributed by atoms with Crippen LogP contribution >= 0.6 is 0 Å². The molecule has 0 saturated heterocycles. The second kappa shape index (κ2) is 10.4. The minimum atomic E-state index is -3.77. The molecule has 2 aromatic carbocycles. The van der Waals surface area contributed by atoms with Gasteiger partial charge in [-0.25, -0.2) is 8.42 Å². The molecule has 0 N–H and O–H groups in total. The summed E-state index contributed by atoms with van der Waals surface area (Å²) in [5.41, 5.74) is 3.59. The molecule has 8 heteroatoms. The maximum atomic E-state index is 13.7. The standard InChI is InChI=1S/C25H33N3O4S/c1-7-27-16-22(19(4)26-27)17-28(15-20-8-13-24(31-5)25(14-20)32-6)33(29,30)23-11-9-21(10-12-23)18(2)3/h8-14,16,18H,7,15,17H2,1-6H3. The second-order valence-electron chi connectivity index (χ2n) is 8.28. The van der Waals surface area contributed by atoms with Crippen molar-refractivity contribution in [1.29, 1.82) is 0 Å². The Labute approximate surface area is 197 Å². The Morgan fingerprint density at radius 2 is 1.67 bits per heavy atom. The number of aryl methyl sites for hydroxylation is 2. The average Bonchev–Trinajstić information content (AvgIpc) is 3.17. The fourth-order valence-corrected chi connectivity index (χ4v) is 5.05. The molecule has 0 atom stereocenters. The Kier molecular flexibility index (Phi) is 7.81. The summed E-state index contributed by atoms with van der Waals surface area (Å²) in [6.45, 7) is 9.20. The third kappa shape index (κ3) is 5.57. The van der Waals surface area contributed by atoms with E-state index in [1.165, 1.54) is 4.31 Å². The van der Waals surface area contributed by atoms with E-state index in [-0.39, 0.29) is 18.0 Å². The first-order chi connectivity index (χ1) is 15.7. The number of hydrogen-bond donors (Lipinski definition) is 0. The minimum absolute atomic E-state index is 0.186. The van der Waals surface area contributed by atoms with Gasteiger partial charge in [0.15, 0.2) is 11.5 Å². The number of ether oxygens (including phenoxy) is 2. The summed E-state index contributed by atoms with van der Waals surface area (Å²) >= 11 is 0. The zero-order chi connectivity index (χ0) is 24.2. The van der Waals surface area contributed by atoms with E-state index in [2.05, 4.69) is 18.9 Å². The van der Waals surface area contributed by atoms with Gasteiger partial charge in [0.2, 0.25) is 10.0 Å². The zero-order valence-electron chi connectivity index (χ0n) is 20.2. The Morgan fingerprint density at radius 3 is 2.21 bits per heavy atom. The highest BCUT2D eigenvalue weighted by Gasteiger charge is 2.27. The summed E-state index contributed by atoms with van der Waals surface area (Å²) in [5.74, 6) is 1.48. The minimum Gasteiger partial charge on any atom is -0.493 e. The molecule has 33 heavy (non-hydrogen) atoms. The van der Waals surface area contributed by atoms with Gasteiger partial charge in [-0.05, 0) is 55.2 Å². The molecule has 0 saturated carbocycles. The van der Waals surface area contributed by atoms with Crippen LogP contribution in [0.5, 0.6) is 11.5 Å². The van der Waals surface area contributed by atoms with Crippen molar-refractivity contribution in [1.82, 2.24) is 14.1 Å². The van der Waals surface area contributed by atoms with Crippen LogP contribution in [0.3, 0.4) is 0 Å². The monoisotopic (exact) mass is 471 g/mol. The van der Waals surface area contributed by atoms with Crippen LogP contribution < -0.4 is 9.47 Å². The number of benzene rings is 2. The molecule has 0 aliphatic rings. The summed E-state index contributed by atoms with van der Waals surface area (Å²) in [6, 6.07) is 12.6. The Bertz CT molecular complexity index is 1180. The molecule has 0 fully saturated rings. The van der Waals surface area contributed by atoms with Crippen molar-refractivity contribution in [3.63, 3.8) is 0 Å². The maximum Gasteiger partial charge on any atom is 0.243 e. The predicted octanol–water partition coefficient (Wildman–Crippen LogP) is 4.74. The molecule has 178 valence electrons. The van der Waals surface area contributed by atoms with E-state index in [4.69, 9.17) is 9.47 Å². The molecule has 0 spiro atoms. The molecule has 0 aliphatic heterocycles. The van der Waals surface area contributed by atoms with Crippen molar-refractivity contribution in [2.75, 3.05) is 14.2 Å². The lowest BCUT2D eigenvalue weighted by Crippen LogP contribution is -2.30. The van der Waals surface area contributed by atoms with E-state index in [0.29, 0.717) is 17.4 Å². The average molecular weight is 472 g/mol. The molecule has 1 aromatic heterocycles. The highest BCUT2D eigenvalue weighted by molar-refractivity contribution is 7.89. The van der Waals surface area contributed by atoms with Crippen LogP contribution in [0.1, 0.15) is 49.1 Å². The van der Waals surface area contributed by atoms with E-state index < -0.39 is 10.0 Å². The van der Waals surface area contributed by atoms with Gasteiger partial charge in [-0.15, -0.1) is 0 Å². The van der Waals surface area contributed by atoms with Crippen LogP contribution in [0.15, 0.2) is 53.6 Å². The molecule has 3 aromatic rings. The molecular formula is C25H33N3O4S. The quantitative estimate of drug-likeness (QED) is 0.427. The normalized spacial score (nSPS) is 11.9. The second-order valence-corrected chi connectivity index (χ2v) is 10.2. The molecule has 3 rings (SSSR count). The Balaban J connectivity index is 2.01. The van der Waals surface area contributed by atoms with Crippen molar-refractivity contribution in [2.24, 2.45) is 0 Å². The van der Waals surface area contributed by atoms with Crippen LogP contribution in [0.25, 0.3) is 0 Å². The lowest BCUT2D eigenvalue weighted by Gasteiger charge is -2.23. The fraction of sp³-hybridized carbons (Fsp3) is 0.400. The van der Waals surface area contributed by atoms with E-state index in [0.717, 1.165) is 28.9 Å². The predicted molar refractivity (Wildman–Crippen MR) is 129 cm³/mol. The molecule has 0 bridgehead atoms. The van der Waals surface area contributed by atoms with Crippen LogP contribution in [-0.2, 0) is 29.7 Å². The smallest absolute Gasteiger partial charge is 0.243 e. The first kappa shape index (κ1) is 24.8. The first-order valence-corrected chi connectivity index (χ1v) is 12.5. The maximum absolute atomic E-state index is 13.7. The zero-order valence-corrected chi connectivity index (χ0v) is 21.0. The van der Waals surface area contributed by atoms with Gasteiger partial charge in [0.25, 0.3) is 0 Å². The van der Waals surface area contributed by atoms with E-state index in [1.807, 2.05) is 49.0 Å². The third-order valence-electron chi connectivity index (χ3n) is 5.71. The van der Waals surface area contributed by atoms with Crippen LogP contribution in [-0.4, -0.2) is 36.7 Å². The molecule has 7 nitrogen and oxygen atoms in total. The number of sulfonamides is 1. The van der Waals surface area contributed by atoms with Gasteiger partial charge in [-0.2, -0.15) is 9.40 Å². The van der Waals surface area contributed by atoms with Crippen LogP contribution in [0.2, 0.25) is 0 Å². The number of methoxy groups -OCH3 is 2. The molecule has 1 heterocycles. The van der Waals surface area contributed by atoms with Gasteiger partial charge < -0.3 is 9.47 Å². The Morgan fingerprint density at radius 1 is 1.00 bits per heavy atom. The van der Waals surface area contributed by atoms with Gasteiger partial charge in [0.05, 0.1) is 24.8 Å². The van der Waals surface area contributed by atoms with Gasteiger partial charge in [-0.3, -0.25) is 4.68 Å². The van der Waals surface area contributed by atoms with E-state index in [9.17, 15) is 8.42 Å². The molecule has 0 radical (unpaired) electrons. The topological polar surface area (TPSA) is 73.7 Å². The van der Waals surface area contributed by atoms with Gasteiger partial charge in [-0.1, -0.05) is 32.0 Å². The molecule has 0 aliphatic carbocycles.